The van der Waals surface area contributed by atoms with Gasteiger partial charge in [-0.25, -0.2) is 0 Å². The van der Waals surface area contributed by atoms with E-state index in [-0.39, 0.29) is 0 Å². The molecule has 2 nitrogen and oxygen atoms in total. The first-order valence-corrected chi connectivity index (χ1v) is 4.34. The Morgan fingerprint density at radius 1 is 1.45 bits per heavy atom. The summed E-state index contributed by atoms with van der Waals surface area (Å²) in [4.78, 5) is 2.43. The Balaban J connectivity index is 2.00. The maximum Gasteiger partial charge on any atom is 0.0434 e. The van der Waals surface area contributed by atoms with E-state index in [4.69, 9.17) is 5.11 Å². The molecule has 1 rings (SSSR count). The third-order valence-electron chi connectivity index (χ3n) is 2.11. The second-order valence-corrected chi connectivity index (χ2v) is 3.78. The summed E-state index contributed by atoms with van der Waals surface area (Å²) >= 11 is 0. The third kappa shape index (κ3) is 2.80. The van der Waals surface area contributed by atoms with Crippen molar-refractivity contribution in [2.75, 3.05) is 26.2 Å². The molecule has 0 aromatic carbocycles. The number of aliphatic hydroxyl groups is 1. The van der Waals surface area contributed by atoms with E-state index in [0.29, 0.717) is 6.61 Å². The normalized spacial score (nSPS) is 20.7. The molecule has 1 aliphatic rings. The number of nitrogens with zero attached hydrogens (tertiary/aromatic N) is 1. The van der Waals surface area contributed by atoms with Gasteiger partial charge in [0.05, 0.1) is 0 Å². The van der Waals surface area contributed by atoms with Crippen LogP contribution in [0.4, 0.5) is 0 Å². The summed E-state index contributed by atoms with van der Waals surface area (Å²) in [5, 5.41) is 8.65. The third-order valence-corrected chi connectivity index (χ3v) is 2.11. The van der Waals surface area contributed by atoms with E-state index in [1.54, 1.807) is 0 Å². The molecule has 1 radical (unpaired) electrons. The number of hydrogen-bond donors (Lipinski definition) is 1. The van der Waals surface area contributed by atoms with E-state index in [0.717, 1.165) is 18.9 Å². The summed E-state index contributed by atoms with van der Waals surface area (Å²) in [6.45, 7) is 8.20. The Bertz CT molecular complexity index is 108. The Morgan fingerprint density at radius 2 is 2.09 bits per heavy atom. The number of hydrogen-bond acceptors (Lipinski definition) is 2. The first-order chi connectivity index (χ1) is 5.22. The summed E-state index contributed by atoms with van der Waals surface area (Å²) in [6.07, 6.45) is 0.985. The summed E-state index contributed by atoms with van der Waals surface area (Å²) in [5.41, 5.74) is 0. The zero-order valence-electron chi connectivity index (χ0n) is 7.51. The minimum atomic E-state index is 0.354. The van der Waals surface area contributed by atoms with E-state index in [9.17, 15) is 0 Å². The fourth-order valence-corrected chi connectivity index (χ4v) is 1.62. The molecule has 2 heteroatoms. The second kappa shape index (κ2) is 4.07. The van der Waals surface area contributed by atoms with Gasteiger partial charge in [0.15, 0.2) is 0 Å². The van der Waals surface area contributed by atoms with Crippen LogP contribution in [0.5, 0.6) is 0 Å². The van der Waals surface area contributed by atoms with Crippen LogP contribution in [0.2, 0.25) is 0 Å². The van der Waals surface area contributed by atoms with Gasteiger partial charge in [-0.1, -0.05) is 13.8 Å². The van der Waals surface area contributed by atoms with Gasteiger partial charge in [-0.2, -0.15) is 0 Å². The second-order valence-electron chi connectivity index (χ2n) is 3.78. The molecule has 0 atom stereocenters. The van der Waals surface area contributed by atoms with Crippen LogP contribution < -0.4 is 0 Å². The van der Waals surface area contributed by atoms with Crippen molar-refractivity contribution >= 4 is 0 Å². The molecule has 0 amide bonds. The lowest BCUT2D eigenvalue weighted by Gasteiger charge is -2.40. The molecule has 0 aromatic heterocycles. The predicted octanol–water partition coefficient (Wildman–Crippen LogP) is 0.915. The summed E-state index contributed by atoms with van der Waals surface area (Å²) < 4.78 is 0. The van der Waals surface area contributed by atoms with Crippen molar-refractivity contribution in [3.8, 4) is 0 Å². The molecule has 0 aliphatic carbocycles. The fraction of sp³-hybridized carbons (Fsp3) is 0.889. The molecular weight excluding hydrogens is 138 g/mol. The van der Waals surface area contributed by atoms with Crippen LogP contribution in [0, 0.1) is 11.8 Å². The van der Waals surface area contributed by atoms with Crippen molar-refractivity contribution in [2.45, 2.75) is 20.3 Å². The van der Waals surface area contributed by atoms with E-state index in [1.807, 2.05) is 0 Å². The molecular formula is C9H18NO. The first-order valence-electron chi connectivity index (χ1n) is 4.34. The molecule has 1 N–H and O–H groups in total. The van der Waals surface area contributed by atoms with Crippen LogP contribution in [0.1, 0.15) is 20.3 Å². The molecule has 1 saturated heterocycles. The maximum atomic E-state index is 8.65. The van der Waals surface area contributed by atoms with Crippen LogP contribution in [0.25, 0.3) is 0 Å². The zero-order valence-corrected chi connectivity index (χ0v) is 7.51. The Hall–Kier alpha value is -0.0800. The van der Waals surface area contributed by atoms with E-state index in [1.165, 1.54) is 19.0 Å². The molecule has 0 aromatic rings. The minimum Gasteiger partial charge on any atom is -0.396 e. The van der Waals surface area contributed by atoms with Gasteiger partial charge in [0.25, 0.3) is 0 Å². The highest BCUT2D eigenvalue weighted by atomic mass is 16.3. The lowest BCUT2D eigenvalue weighted by Crippen LogP contribution is -2.48. The smallest absolute Gasteiger partial charge is 0.0434 e. The van der Waals surface area contributed by atoms with Crippen LogP contribution in [0.3, 0.4) is 0 Å². The lowest BCUT2D eigenvalue weighted by molar-refractivity contribution is 0.0841. The predicted molar refractivity (Wildman–Crippen MR) is 46.2 cm³/mol. The molecule has 1 fully saturated rings. The van der Waals surface area contributed by atoms with Crippen LogP contribution in [0.15, 0.2) is 0 Å². The van der Waals surface area contributed by atoms with Gasteiger partial charge in [0.1, 0.15) is 0 Å². The van der Waals surface area contributed by atoms with Gasteiger partial charge < -0.3 is 10.0 Å². The molecule has 0 unspecified atom stereocenters. The Morgan fingerprint density at radius 3 is 2.55 bits per heavy atom. The van der Waals surface area contributed by atoms with Crippen molar-refractivity contribution in [3.05, 3.63) is 5.92 Å². The quantitative estimate of drug-likeness (QED) is 0.654. The number of rotatable bonds is 4. The standard InChI is InChI=1S/C9H18NO/c1-8(2)5-10-6-9(7-10)3-4-11/h9,11H,3-7H2,1-2H3. The minimum absolute atomic E-state index is 0.354. The van der Waals surface area contributed by atoms with Crippen molar-refractivity contribution in [2.24, 2.45) is 5.92 Å². The average molecular weight is 156 g/mol. The molecule has 11 heavy (non-hydrogen) atoms. The Labute approximate surface area is 69.2 Å². The summed E-state index contributed by atoms with van der Waals surface area (Å²) in [5.74, 6) is 2.24. The average Bonchev–Trinajstić information content (AvgIpc) is 1.82. The van der Waals surface area contributed by atoms with Crippen molar-refractivity contribution in [3.63, 3.8) is 0 Å². The van der Waals surface area contributed by atoms with Gasteiger partial charge in [-0.15, -0.1) is 0 Å². The molecule has 0 spiro atoms. The summed E-state index contributed by atoms with van der Waals surface area (Å²) in [6, 6.07) is 0. The van der Waals surface area contributed by atoms with Crippen LogP contribution >= 0.6 is 0 Å². The van der Waals surface area contributed by atoms with Gasteiger partial charge in [-0.3, -0.25) is 0 Å². The number of aliphatic hydroxyl groups excluding tert-OH is 1. The molecule has 0 bridgehead atoms. The van der Waals surface area contributed by atoms with Gasteiger partial charge in [0.2, 0.25) is 0 Å². The topological polar surface area (TPSA) is 23.5 Å². The van der Waals surface area contributed by atoms with Crippen molar-refractivity contribution < 1.29 is 5.11 Å². The molecule has 65 valence electrons. The lowest BCUT2D eigenvalue weighted by atomic mass is 9.96. The van der Waals surface area contributed by atoms with Crippen molar-refractivity contribution in [1.82, 2.24) is 4.90 Å². The van der Waals surface area contributed by atoms with Crippen LogP contribution in [-0.2, 0) is 0 Å². The summed E-state index contributed by atoms with van der Waals surface area (Å²) in [7, 11) is 0. The highest BCUT2D eigenvalue weighted by Crippen LogP contribution is 2.19. The van der Waals surface area contributed by atoms with E-state index in [2.05, 4.69) is 18.7 Å². The Kier molecular flexibility index (Phi) is 3.34. The highest BCUT2D eigenvalue weighted by Gasteiger charge is 2.25. The van der Waals surface area contributed by atoms with E-state index >= 15 is 0 Å². The van der Waals surface area contributed by atoms with Gasteiger partial charge >= 0.3 is 0 Å². The SMILES string of the molecule is C[C](C)CN1CC(CCO)C1. The highest BCUT2D eigenvalue weighted by molar-refractivity contribution is 4.88. The maximum absolute atomic E-state index is 8.65. The van der Waals surface area contributed by atoms with Gasteiger partial charge in [-0.05, 0) is 18.3 Å². The van der Waals surface area contributed by atoms with Crippen LogP contribution in [-0.4, -0.2) is 36.2 Å². The fourth-order valence-electron chi connectivity index (χ4n) is 1.62. The van der Waals surface area contributed by atoms with Crippen molar-refractivity contribution in [1.29, 1.82) is 0 Å². The number of likely N-dealkylation sites (tertiary alicyclic amines) is 1. The van der Waals surface area contributed by atoms with Gasteiger partial charge in [0, 0.05) is 26.2 Å². The molecule has 0 saturated carbocycles. The first kappa shape index (κ1) is 9.01. The molecule has 1 aliphatic heterocycles. The monoisotopic (exact) mass is 156 g/mol. The molecule has 1 heterocycles. The largest absolute Gasteiger partial charge is 0.396 e. The van der Waals surface area contributed by atoms with E-state index < -0.39 is 0 Å². The zero-order chi connectivity index (χ0) is 8.27.